The molecule has 0 amide bonds. The van der Waals surface area contributed by atoms with Gasteiger partial charge in [0, 0.05) is 20.1 Å². The smallest absolute Gasteiger partial charge is 0.194 e. The van der Waals surface area contributed by atoms with Crippen molar-refractivity contribution < 1.29 is 0 Å². The first-order valence-corrected chi connectivity index (χ1v) is 9.69. The predicted molar refractivity (Wildman–Crippen MR) is 126 cm³/mol. The van der Waals surface area contributed by atoms with Crippen molar-refractivity contribution in [1.82, 2.24) is 25.0 Å². The Morgan fingerprint density at radius 3 is 2.48 bits per heavy atom. The number of aliphatic imine (C=N–C) groups is 1. The van der Waals surface area contributed by atoms with Crippen LogP contribution in [0.3, 0.4) is 0 Å². The molecule has 0 saturated heterocycles. The predicted octanol–water partition coefficient (Wildman–Crippen LogP) is 3.45. The Balaban J connectivity index is 0.00000240. The maximum atomic E-state index is 4.92. The van der Waals surface area contributed by atoms with E-state index in [-0.39, 0.29) is 24.0 Å². The van der Waals surface area contributed by atoms with Gasteiger partial charge in [-0.2, -0.15) is 0 Å². The summed E-state index contributed by atoms with van der Waals surface area (Å²) in [5.41, 5.74) is 4.01. The third-order valence-corrected chi connectivity index (χ3v) is 5.27. The molecule has 3 aromatic rings. The van der Waals surface area contributed by atoms with E-state index in [2.05, 4.69) is 68.9 Å². The number of nitrogens with one attached hydrogen (secondary N) is 1. The van der Waals surface area contributed by atoms with Crippen LogP contribution in [0.15, 0.2) is 59.6 Å². The minimum atomic E-state index is 0. The molecule has 29 heavy (non-hydrogen) atoms. The normalized spacial score (nSPS) is 13.6. The summed E-state index contributed by atoms with van der Waals surface area (Å²) < 4.78 is 2.01. The first-order valence-electron chi connectivity index (χ1n) is 9.69. The number of nitrogens with zero attached hydrogens (tertiary/aromatic N) is 5. The van der Waals surface area contributed by atoms with E-state index in [0.29, 0.717) is 13.1 Å². The summed E-state index contributed by atoms with van der Waals surface area (Å²) in [6.45, 7) is 5.04. The van der Waals surface area contributed by atoms with Gasteiger partial charge in [0.25, 0.3) is 0 Å². The highest BCUT2D eigenvalue weighted by Crippen LogP contribution is 2.18. The molecule has 0 spiro atoms. The second kappa shape index (κ2) is 9.87. The van der Waals surface area contributed by atoms with E-state index in [1.54, 1.807) is 0 Å². The van der Waals surface area contributed by atoms with Gasteiger partial charge < -0.3 is 14.8 Å². The molecule has 0 saturated carbocycles. The van der Waals surface area contributed by atoms with E-state index in [1.165, 1.54) is 16.7 Å². The van der Waals surface area contributed by atoms with Crippen molar-refractivity contribution in [2.75, 3.05) is 6.54 Å². The van der Waals surface area contributed by atoms with Crippen LogP contribution in [-0.2, 0) is 33.1 Å². The van der Waals surface area contributed by atoms with Crippen LogP contribution >= 0.6 is 24.0 Å². The van der Waals surface area contributed by atoms with Crippen molar-refractivity contribution in [3.8, 4) is 0 Å². The van der Waals surface area contributed by atoms with Gasteiger partial charge in [0.05, 0.1) is 13.1 Å². The van der Waals surface area contributed by atoms with Gasteiger partial charge in [-0.05, 0) is 30.0 Å². The minimum absolute atomic E-state index is 0. The summed E-state index contributed by atoms with van der Waals surface area (Å²) in [5.74, 6) is 2.73. The lowest BCUT2D eigenvalue weighted by atomic mass is 10.0. The highest BCUT2D eigenvalue weighted by molar-refractivity contribution is 14.0. The number of hydrogen-bond donors (Lipinski definition) is 1. The standard InChI is InChI=1S/C22H26N6.HI/c1-17-25-26-21(27(17)2)15-24-22(23-14-18-8-4-3-5-9-18)28-13-12-19-10-6-7-11-20(19)16-28;/h3-11H,12-16H2,1-2H3,(H,23,24);1H. The first-order chi connectivity index (χ1) is 13.7. The van der Waals surface area contributed by atoms with Crippen LogP contribution in [0.2, 0.25) is 0 Å². The molecule has 152 valence electrons. The Morgan fingerprint density at radius 1 is 1.03 bits per heavy atom. The zero-order valence-corrected chi connectivity index (χ0v) is 19.2. The zero-order valence-electron chi connectivity index (χ0n) is 16.9. The SMILES string of the molecule is Cc1nnc(CNC(=NCc2ccccc2)N2CCc3ccccc3C2)n1C.I. The molecular weight excluding hydrogens is 475 g/mol. The molecule has 7 heteroatoms. The maximum Gasteiger partial charge on any atom is 0.194 e. The quantitative estimate of drug-likeness (QED) is 0.338. The van der Waals surface area contributed by atoms with Crippen LogP contribution in [0.5, 0.6) is 0 Å². The second-order valence-electron chi connectivity index (χ2n) is 7.14. The second-order valence-corrected chi connectivity index (χ2v) is 7.14. The Labute approximate surface area is 189 Å². The van der Waals surface area contributed by atoms with E-state index >= 15 is 0 Å². The summed E-state index contributed by atoms with van der Waals surface area (Å²) in [6, 6.07) is 19.0. The Bertz CT molecular complexity index is 966. The molecule has 0 fully saturated rings. The van der Waals surface area contributed by atoms with Crippen molar-refractivity contribution in [3.63, 3.8) is 0 Å². The molecule has 1 aliphatic rings. The van der Waals surface area contributed by atoms with Gasteiger partial charge in [-0.15, -0.1) is 34.2 Å². The first kappa shape index (κ1) is 21.3. The number of aryl methyl sites for hydroxylation is 1. The molecule has 0 aliphatic carbocycles. The monoisotopic (exact) mass is 502 g/mol. The molecule has 1 aromatic heterocycles. The lowest BCUT2D eigenvalue weighted by Crippen LogP contribution is -2.44. The van der Waals surface area contributed by atoms with E-state index in [0.717, 1.165) is 37.1 Å². The highest BCUT2D eigenvalue weighted by Gasteiger charge is 2.19. The minimum Gasteiger partial charge on any atom is -0.349 e. The van der Waals surface area contributed by atoms with Crippen LogP contribution in [0.25, 0.3) is 0 Å². The summed E-state index contributed by atoms with van der Waals surface area (Å²) in [4.78, 5) is 7.24. The van der Waals surface area contributed by atoms with Gasteiger partial charge >= 0.3 is 0 Å². The molecule has 1 N–H and O–H groups in total. The number of guanidine groups is 1. The lowest BCUT2D eigenvalue weighted by molar-refractivity contribution is 0.376. The van der Waals surface area contributed by atoms with Crippen molar-refractivity contribution >= 4 is 29.9 Å². The summed E-state index contributed by atoms with van der Waals surface area (Å²) >= 11 is 0. The average Bonchev–Trinajstić information content (AvgIpc) is 3.06. The molecule has 0 bridgehead atoms. The molecule has 2 aromatic carbocycles. The van der Waals surface area contributed by atoms with E-state index < -0.39 is 0 Å². The van der Waals surface area contributed by atoms with Crippen LogP contribution in [0.1, 0.15) is 28.3 Å². The Hall–Kier alpha value is -2.42. The highest BCUT2D eigenvalue weighted by atomic mass is 127. The van der Waals surface area contributed by atoms with Crippen LogP contribution in [0.4, 0.5) is 0 Å². The van der Waals surface area contributed by atoms with Gasteiger partial charge in [-0.25, -0.2) is 4.99 Å². The number of hydrogen-bond acceptors (Lipinski definition) is 3. The fourth-order valence-corrected chi connectivity index (χ4v) is 3.46. The number of aromatic nitrogens is 3. The van der Waals surface area contributed by atoms with Crippen molar-refractivity contribution in [3.05, 3.63) is 82.9 Å². The molecule has 0 unspecified atom stereocenters. The fourth-order valence-electron chi connectivity index (χ4n) is 3.46. The maximum absolute atomic E-state index is 4.92. The van der Waals surface area contributed by atoms with Gasteiger partial charge in [-0.3, -0.25) is 0 Å². The average molecular weight is 502 g/mol. The van der Waals surface area contributed by atoms with Gasteiger partial charge in [0.1, 0.15) is 5.82 Å². The lowest BCUT2D eigenvalue weighted by Gasteiger charge is -2.31. The fraction of sp³-hybridized carbons (Fsp3) is 0.318. The number of rotatable bonds is 4. The van der Waals surface area contributed by atoms with Gasteiger partial charge in [0.2, 0.25) is 0 Å². The van der Waals surface area contributed by atoms with Crippen LogP contribution in [0, 0.1) is 6.92 Å². The van der Waals surface area contributed by atoms with E-state index in [4.69, 9.17) is 4.99 Å². The van der Waals surface area contributed by atoms with Crippen molar-refractivity contribution in [2.45, 2.75) is 33.0 Å². The Morgan fingerprint density at radius 2 is 1.76 bits per heavy atom. The number of halogens is 1. The molecule has 0 atom stereocenters. The summed E-state index contributed by atoms with van der Waals surface area (Å²) in [5, 5.41) is 11.9. The number of fused-ring (bicyclic) bond motifs is 1. The molecule has 0 radical (unpaired) electrons. The topological polar surface area (TPSA) is 58.3 Å². The van der Waals surface area contributed by atoms with E-state index in [1.807, 2.05) is 24.6 Å². The van der Waals surface area contributed by atoms with Crippen LogP contribution in [-0.4, -0.2) is 32.2 Å². The largest absolute Gasteiger partial charge is 0.349 e. The van der Waals surface area contributed by atoms with E-state index in [9.17, 15) is 0 Å². The number of benzene rings is 2. The molecule has 2 heterocycles. The van der Waals surface area contributed by atoms with Crippen molar-refractivity contribution in [2.24, 2.45) is 12.0 Å². The molecule has 1 aliphatic heterocycles. The third kappa shape index (κ3) is 5.14. The molecular formula is C22H27IN6. The van der Waals surface area contributed by atoms with Crippen LogP contribution < -0.4 is 5.32 Å². The van der Waals surface area contributed by atoms with Gasteiger partial charge in [-0.1, -0.05) is 54.6 Å². The zero-order chi connectivity index (χ0) is 19.3. The third-order valence-electron chi connectivity index (χ3n) is 5.27. The Kier molecular flexibility index (Phi) is 7.24. The van der Waals surface area contributed by atoms with Gasteiger partial charge in [0.15, 0.2) is 11.8 Å². The summed E-state index contributed by atoms with van der Waals surface area (Å²) in [7, 11) is 1.99. The molecule has 6 nitrogen and oxygen atoms in total. The van der Waals surface area contributed by atoms with Crippen molar-refractivity contribution in [1.29, 1.82) is 0 Å². The summed E-state index contributed by atoms with van der Waals surface area (Å²) in [6.07, 6.45) is 1.03. The molecule has 4 rings (SSSR count).